The Bertz CT molecular complexity index is 317. The molecule has 1 rings (SSSR count). The number of carbonyl (C=O) groups is 1. The fourth-order valence-corrected chi connectivity index (χ4v) is 1.13. The number of carbonyl (C=O) groups excluding carboxylic acids is 1. The highest BCUT2D eigenvalue weighted by molar-refractivity contribution is 5.85. The van der Waals surface area contributed by atoms with Crippen LogP contribution in [0.1, 0.15) is 39.0 Å². The average molecular weight is 210 g/mol. The molecule has 1 aromatic heterocycles. The molecule has 4 heteroatoms. The van der Waals surface area contributed by atoms with E-state index < -0.39 is 5.54 Å². The van der Waals surface area contributed by atoms with Gasteiger partial charge in [-0.05, 0) is 32.4 Å². The molecule has 0 bridgehead atoms. The van der Waals surface area contributed by atoms with E-state index in [1.165, 1.54) is 0 Å². The molecule has 84 valence electrons. The van der Waals surface area contributed by atoms with Gasteiger partial charge in [-0.25, -0.2) is 0 Å². The van der Waals surface area contributed by atoms with Gasteiger partial charge in [0.2, 0.25) is 5.91 Å². The summed E-state index contributed by atoms with van der Waals surface area (Å²) >= 11 is 0. The van der Waals surface area contributed by atoms with E-state index in [0.717, 1.165) is 5.76 Å². The maximum absolute atomic E-state index is 11.7. The maximum atomic E-state index is 11.7. The molecule has 0 radical (unpaired) electrons. The number of hydrogen-bond acceptors (Lipinski definition) is 3. The third-order valence-electron chi connectivity index (χ3n) is 2.57. The normalized spacial score (nSPS) is 16.8. The smallest absolute Gasteiger partial charge is 0.240 e. The largest absolute Gasteiger partial charge is 0.467 e. The van der Waals surface area contributed by atoms with E-state index in [9.17, 15) is 4.79 Å². The number of nitrogens with two attached hydrogens (primary N) is 1. The molecule has 0 fully saturated rings. The minimum Gasteiger partial charge on any atom is -0.467 e. The summed E-state index contributed by atoms with van der Waals surface area (Å²) < 4.78 is 5.19. The van der Waals surface area contributed by atoms with Crippen LogP contribution in [0.3, 0.4) is 0 Å². The van der Waals surface area contributed by atoms with Crippen molar-refractivity contribution in [1.82, 2.24) is 5.32 Å². The topological polar surface area (TPSA) is 68.3 Å². The molecule has 15 heavy (non-hydrogen) atoms. The second kappa shape index (κ2) is 4.49. The first-order chi connectivity index (χ1) is 6.97. The zero-order chi connectivity index (χ0) is 11.5. The van der Waals surface area contributed by atoms with E-state index in [1.54, 1.807) is 19.3 Å². The molecule has 0 aliphatic rings. The van der Waals surface area contributed by atoms with Gasteiger partial charge in [-0.2, -0.15) is 0 Å². The molecule has 4 nitrogen and oxygen atoms in total. The third-order valence-corrected chi connectivity index (χ3v) is 2.57. The lowest BCUT2D eigenvalue weighted by molar-refractivity contribution is -0.126. The quantitative estimate of drug-likeness (QED) is 0.792. The van der Waals surface area contributed by atoms with Gasteiger partial charge < -0.3 is 15.5 Å². The Morgan fingerprint density at radius 1 is 1.73 bits per heavy atom. The number of hydrogen-bond donors (Lipinski definition) is 2. The van der Waals surface area contributed by atoms with Gasteiger partial charge in [-0.15, -0.1) is 0 Å². The Balaban J connectivity index is 2.60. The lowest BCUT2D eigenvalue weighted by atomic mass is 9.99. The van der Waals surface area contributed by atoms with Crippen LogP contribution >= 0.6 is 0 Å². The van der Waals surface area contributed by atoms with Crippen molar-refractivity contribution in [3.05, 3.63) is 24.2 Å². The molecule has 2 atom stereocenters. The maximum Gasteiger partial charge on any atom is 0.240 e. The highest BCUT2D eigenvalue weighted by atomic mass is 16.3. The summed E-state index contributed by atoms with van der Waals surface area (Å²) in [6.45, 7) is 5.47. The lowest BCUT2D eigenvalue weighted by Crippen LogP contribution is -2.51. The summed E-state index contributed by atoms with van der Waals surface area (Å²) in [6.07, 6.45) is 2.18. The van der Waals surface area contributed by atoms with Gasteiger partial charge in [0.1, 0.15) is 5.76 Å². The number of amides is 1. The van der Waals surface area contributed by atoms with Crippen LogP contribution in [-0.4, -0.2) is 11.4 Å². The molecule has 0 aromatic carbocycles. The lowest BCUT2D eigenvalue weighted by Gasteiger charge is -2.23. The van der Waals surface area contributed by atoms with E-state index in [-0.39, 0.29) is 11.9 Å². The van der Waals surface area contributed by atoms with Crippen LogP contribution < -0.4 is 11.1 Å². The molecular formula is C11H18N2O2. The molecule has 0 aliphatic carbocycles. The van der Waals surface area contributed by atoms with Crippen molar-refractivity contribution < 1.29 is 9.21 Å². The number of rotatable bonds is 4. The van der Waals surface area contributed by atoms with Gasteiger partial charge >= 0.3 is 0 Å². The summed E-state index contributed by atoms with van der Waals surface area (Å²) in [5.74, 6) is 0.573. The van der Waals surface area contributed by atoms with E-state index in [0.29, 0.717) is 6.42 Å². The van der Waals surface area contributed by atoms with Crippen molar-refractivity contribution in [1.29, 1.82) is 0 Å². The standard InChI is InChI=1S/C11H18N2O2/c1-4-11(3,12)10(14)13-8(2)9-6-5-7-15-9/h5-8H,4,12H2,1-3H3,(H,13,14)/t8-,11?/m1/s1. The predicted molar refractivity (Wildman–Crippen MR) is 58.1 cm³/mol. The Morgan fingerprint density at radius 2 is 2.40 bits per heavy atom. The first-order valence-corrected chi connectivity index (χ1v) is 5.10. The molecule has 1 heterocycles. The zero-order valence-corrected chi connectivity index (χ0v) is 9.41. The third kappa shape index (κ3) is 2.83. The van der Waals surface area contributed by atoms with Crippen LogP contribution in [0.5, 0.6) is 0 Å². The molecule has 1 unspecified atom stereocenters. The molecule has 0 aliphatic heterocycles. The molecule has 3 N–H and O–H groups in total. The van der Waals surface area contributed by atoms with Crippen LogP contribution in [0.2, 0.25) is 0 Å². The Hall–Kier alpha value is -1.29. The van der Waals surface area contributed by atoms with Crippen molar-refractivity contribution in [2.24, 2.45) is 5.73 Å². The van der Waals surface area contributed by atoms with Crippen molar-refractivity contribution >= 4 is 5.91 Å². The van der Waals surface area contributed by atoms with Gasteiger partial charge in [0.05, 0.1) is 17.8 Å². The number of nitrogens with one attached hydrogen (secondary N) is 1. The first-order valence-electron chi connectivity index (χ1n) is 5.10. The fraction of sp³-hybridized carbons (Fsp3) is 0.545. The van der Waals surface area contributed by atoms with Crippen molar-refractivity contribution in [3.63, 3.8) is 0 Å². The van der Waals surface area contributed by atoms with Crippen LogP contribution in [-0.2, 0) is 4.79 Å². The van der Waals surface area contributed by atoms with Crippen LogP contribution in [0.4, 0.5) is 0 Å². The number of furan rings is 1. The molecule has 1 amide bonds. The summed E-state index contributed by atoms with van der Waals surface area (Å²) in [5.41, 5.74) is 5.00. The van der Waals surface area contributed by atoms with E-state index in [1.807, 2.05) is 19.9 Å². The Morgan fingerprint density at radius 3 is 2.87 bits per heavy atom. The predicted octanol–water partition coefficient (Wildman–Crippen LogP) is 1.58. The molecule has 0 saturated heterocycles. The van der Waals surface area contributed by atoms with E-state index in [4.69, 9.17) is 10.2 Å². The van der Waals surface area contributed by atoms with Crippen LogP contribution in [0, 0.1) is 0 Å². The van der Waals surface area contributed by atoms with Gasteiger partial charge in [0, 0.05) is 0 Å². The van der Waals surface area contributed by atoms with Gasteiger partial charge in [-0.1, -0.05) is 6.92 Å². The van der Waals surface area contributed by atoms with Gasteiger partial charge in [0.15, 0.2) is 0 Å². The van der Waals surface area contributed by atoms with Gasteiger partial charge in [0.25, 0.3) is 0 Å². The van der Waals surface area contributed by atoms with Crippen molar-refractivity contribution in [2.75, 3.05) is 0 Å². The molecule has 0 spiro atoms. The zero-order valence-electron chi connectivity index (χ0n) is 9.41. The van der Waals surface area contributed by atoms with Crippen LogP contribution in [0.15, 0.2) is 22.8 Å². The Kier molecular flexibility index (Phi) is 3.52. The summed E-state index contributed by atoms with van der Waals surface area (Å²) in [7, 11) is 0. The van der Waals surface area contributed by atoms with E-state index >= 15 is 0 Å². The molecule has 0 saturated carbocycles. The second-order valence-corrected chi connectivity index (χ2v) is 3.98. The summed E-state index contributed by atoms with van der Waals surface area (Å²) in [5, 5.41) is 2.82. The minimum absolute atomic E-state index is 0.151. The van der Waals surface area contributed by atoms with E-state index in [2.05, 4.69) is 5.32 Å². The molecular weight excluding hydrogens is 192 g/mol. The van der Waals surface area contributed by atoms with Crippen molar-refractivity contribution in [3.8, 4) is 0 Å². The summed E-state index contributed by atoms with van der Waals surface area (Å²) in [6, 6.07) is 3.46. The minimum atomic E-state index is -0.819. The SMILES string of the molecule is CCC(C)(N)C(=O)N[C@H](C)c1ccco1. The highest BCUT2D eigenvalue weighted by Crippen LogP contribution is 2.14. The first kappa shape index (κ1) is 11.8. The monoisotopic (exact) mass is 210 g/mol. The van der Waals surface area contributed by atoms with Crippen molar-refractivity contribution in [2.45, 2.75) is 38.8 Å². The molecule has 1 aromatic rings. The highest BCUT2D eigenvalue weighted by Gasteiger charge is 2.27. The Labute approximate surface area is 89.8 Å². The fourth-order valence-electron chi connectivity index (χ4n) is 1.13. The second-order valence-electron chi connectivity index (χ2n) is 3.98. The summed E-state index contributed by atoms with van der Waals surface area (Å²) in [4.78, 5) is 11.7. The van der Waals surface area contributed by atoms with Crippen LogP contribution in [0.25, 0.3) is 0 Å². The average Bonchev–Trinajstić information content (AvgIpc) is 2.70. The van der Waals surface area contributed by atoms with Gasteiger partial charge in [-0.3, -0.25) is 4.79 Å².